The molecule has 0 radical (unpaired) electrons. The number of benzene rings is 2. The number of halogens is 1. The van der Waals surface area contributed by atoms with Crippen LogP contribution in [-0.4, -0.2) is 23.6 Å². The molecule has 21 heavy (non-hydrogen) atoms. The van der Waals surface area contributed by atoms with Gasteiger partial charge < -0.3 is 5.11 Å². The summed E-state index contributed by atoms with van der Waals surface area (Å²) >= 11 is 0. The van der Waals surface area contributed by atoms with Gasteiger partial charge in [-0.3, -0.25) is 4.90 Å². The Kier molecular flexibility index (Phi) is 5.48. The van der Waals surface area contributed by atoms with Crippen molar-refractivity contribution in [2.24, 2.45) is 0 Å². The fourth-order valence-electron chi connectivity index (χ4n) is 2.34. The van der Waals surface area contributed by atoms with Crippen molar-refractivity contribution in [2.75, 3.05) is 13.6 Å². The highest BCUT2D eigenvalue weighted by Crippen LogP contribution is 2.16. The molecule has 112 valence electrons. The van der Waals surface area contributed by atoms with Crippen molar-refractivity contribution in [3.05, 3.63) is 71.0 Å². The van der Waals surface area contributed by atoms with E-state index in [1.165, 1.54) is 17.7 Å². The van der Waals surface area contributed by atoms with Gasteiger partial charge in [-0.15, -0.1) is 0 Å². The molecule has 1 unspecified atom stereocenters. The van der Waals surface area contributed by atoms with Crippen LogP contribution in [0.4, 0.5) is 4.39 Å². The van der Waals surface area contributed by atoms with Gasteiger partial charge in [-0.1, -0.05) is 43.3 Å². The topological polar surface area (TPSA) is 23.5 Å². The first-order valence-corrected chi connectivity index (χ1v) is 7.28. The van der Waals surface area contributed by atoms with Crippen LogP contribution in [0, 0.1) is 5.82 Å². The normalized spacial score (nSPS) is 12.6. The molecule has 2 rings (SSSR count). The van der Waals surface area contributed by atoms with Gasteiger partial charge in [-0.2, -0.15) is 0 Å². The third-order valence-corrected chi connectivity index (χ3v) is 3.62. The monoisotopic (exact) mass is 287 g/mol. The van der Waals surface area contributed by atoms with E-state index in [-0.39, 0.29) is 5.82 Å². The molecular formula is C18H22FNO. The van der Waals surface area contributed by atoms with E-state index in [2.05, 4.69) is 19.1 Å². The van der Waals surface area contributed by atoms with Crippen LogP contribution in [-0.2, 0) is 13.0 Å². The number of rotatable bonds is 6. The van der Waals surface area contributed by atoms with Gasteiger partial charge in [-0.05, 0) is 42.3 Å². The second-order valence-corrected chi connectivity index (χ2v) is 5.43. The Balaban J connectivity index is 1.91. The molecule has 1 N–H and O–H groups in total. The van der Waals surface area contributed by atoms with Crippen molar-refractivity contribution < 1.29 is 9.50 Å². The summed E-state index contributed by atoms with van der Waals surface area (Å²) in [6.45, 7) is 3.34. The van der Waals surface area contributed by atoms with Gasteiger partial charge in [0.25, 0.3) is 0 Å². The van der Waals surface area contributed by atoms with Crippen LogP contribution in [0.3, 0.4) is 0 Å². The predicted octanol–water partition coefficient (Wildman–Crippen LogP) is 3.55. The molecular weight excluding hydrogens is 265 g/mol. The third-order valence-electron chi connectivity index (χ3n) is 3.62. The third kappa shape index (κ3) is 4.66. The number of nitrogens with zero attached hydrogens (tertiary/aromatic N) is 1. The maximum absolute atomic E-state index is 12.9. The van der Waals surface area contributed by atoms with E-state index in [4.69, 9.17) is 0 Å². The highest BCUT2D eigenvalue weighted by molar-refractivity contribution is 5.24. The Labute approximate surface area is 125 Å². The van der Waals surface area contributed by atoms with E-state index in [0.29, 0.717) is 13.1 Å². The standard InChI is InChI=1S/C18H22FNO/c1-3-14-4-8-16(9-5-14)18(21)13-20(2)12-15-6-10-17(19)11-7-15/h4-11,18,21H,3,12-13H2,1-2H3. The molecule has 2 aromatic carbocycles. The second kappa shape index (κ2) is 7.34. The Hall–Kier alpha value is -1.71. The number of aliphatic hydroxyl groups excluding tert-OH is 1. The SMILES string of the molecule is CCc1ccc(C(O)CN(C)Cc2ccc(F)cc2)cc1. The summed E-state index contributed by atoms with van der Waals surface area (Å²) in [5, 5.41) is 10.3. The minimum absolute atomic E-state index is 0.225. The second-order valence-electron chi connectivity index (χ2n) is 5.43. The van der Waals surface area contributed by atoms with Crippen LogP contribution in [0.2, 0.25) is 0 Å². The number of aryl methyl sites for hydroxylation is 1. The first kappa shape index (κ1) is 15.7. The Morgan fingerprint density at radius 1 is 1.00 bits per heavy atom. The molecule has 0 fully saturated rings. The summed E-state index contributed by atoms with van der Waals surface area (Å²) in [4.78, 5) is 2.03. The fraction of sp³-hybridized carbons (Fsp3) is 0.333. The lowest BCUT2D eigenvalue weighted by atomic mass is 10.1. The van der Waals surface area contributed by atoms with Crippen LogP contribution in [0.25, 0.3) is 0 Å². The Bertz CT molecular complexity index is 550. The number of aliphatic hydroxyl groups is 1. The van der Waals surface area contributed by atoms with Crippen molar-refractivity contribution >= 4 is 0 Å². The molecule has 0 heterocycles. The van der Waals surface area contributed by atoms with Crippen molar-refractivity contribution in [3.63, 3.8) is 0 Å². The van der Waals surface area contributed by atoms with Crippen LogP contribution in [0.5, 0.6) is 0 Å². The van der Waals surface area contributed by atoms with Crippen LogP contribution >= 0.6 is 0 Å². The molecule has 0 aliphatic heterocycles. The van der Waals surface area contributed by atoms with Gasteiger partial charge >= 0.3 is 0 Å². The molecule has 1 atom stereocenters. The zero-order valence-electron chi connectivity index (χ0n) is 12.6. The average molecular weight is 287 g/mol. The largest absolute Gasteiger partial charge is 0.387 e. The van der Waals surface area contributed by atoms with Gasteiger partial charge in [0, 0.05) is 13.1 Å². The predicted molar refractivity (Wildman–Crippen MR) is 83.5 cm³/mol. The first-order chi connectivity index (χ1) is 10.1. The number of hydrogen-bond donors (Lipinski definition) is 1. The van der Waals surface area contributed by atoms with E-state index < -0.39 is 6.10 Å². The zero-order chi connectivity index (χ0) is 15.2. The molecule has 0 aliphatic carbocycles. The van der Waals surface area contributed by atoms with E-state index in [1.54, 1.807) is 12.1 Å². The number of likely N-dealkylation sites (N-methyl/N-ethyl adjacent to an activating group) is 1. The highest BCUT2D eigenvalue weighted by Gasteiger charge is 2.11. The van der Waals surface area contributed by atoms with E-state index in [9.17, 15) is 9.50 Å². The maximum atomic E-state index is 12.9. The van der Waals surface area contributed by atoms with E-state index in [0.717, 1.165) is 17.5 Å². The summed E-state index contributed by atoms with van der Waals surface area (Å²) in [5.41, 5.74) is 3.23. The number of hydrogen-bond acceptors (Lipinski definition) is 2. The molecule has 2 aromatic rings. The van der Waals surface area contributed by atoms with Crippen molar-refractivity contribution in [1.29, 1.82) is 0 Å². The Morgan fingerprint density at radius 2 is 1.57 bits per heavy atom. The minimum atomic E-state index is -0.513. The van der Waals surface area contributed by atoms with Crippen LogP contribution in [0.15, 0.2) is 48.5 Å². The van der Waals surface area contributed by atoms with Gasteiger partial charge in [-0.25, -0.2) is 4.39 Å². The zero-order valence-corrected chi connectivity index (χ0v) is 12.6. The van der Waals surface area contributed by atoms with Gasteiger partial charge in [0.1, 0.15) is 5.82 Å². The van der Waals surface area contributed by atoms with Crippen LogP contribution < -0.4 is 0 Å². The lowest BCUT2D eigenvalue weighted by Gasteiger charge is -2.21. The molecule has 0 amide bonds. The Morgan fingerprint density at radius 3 is 2.14 bits per heavy atom. The maximum Gasteiger partial charge on any atom is 0.123 e. The van der Waals surface area contributed by atoms with Crippen molar-refractivity contribution in [2.45, 2.75) is 26.0 Å². The minimum Gasteiger partial charge on any atom is -0.387 e. The molecule has 3 heteroatoms. The molecule has 2 nitrogen and oxygen atoms in total. The van der Waals surface area contributed by atoms with Crippen molar-refractivity contribution in [1.82, 2.24) is 4.90 Å². The summed E-state index contributed by atoms with van der Waals surface area (Å²) in [7, 11) is 1.95. The summed E-state index contributed by atoms with van der Waals surface area (Å²) < 4.78 is 12.9. The van der Waals surface area contributed by atoms with Gasteiger partial charge in [0.05, 0.1) is 6.10 Å². The molecule has 0 bridgehead atoms. The van der Waals surface area contributed by atoms with Gasteiger partial charge in [0.15, 0.2) is 0 Å². The molecule has 0 aromatic heterocycles. The highest BCUT2D eigenvalue weighted by atomic mass is 19.1. The molecule has 0 saturated carbocycles. The summed E-state index contributed by atoms with van der Waals surface area (Å²) in [5.74, 6) is -0.225. The van der Waals surface area contributed by atoms with Crippen LogP contribution in [0.1, 0.15) is 29.7 Å². The quantitative estimate of drug-likeness (QED) is 0.878. The van der Waals surface area contributed by atoms with Crippen molar-refractivity contribution in [3.8, 4) is 0 Å². The smallest absolute Gasteiger partial charge is 0.123 e. The summed E-state index contributed by atoms with van der Waals surface area (Å²) in [6, 6.07) is 14.5. The molecule has 0 saturated heterocycles. The van der Waals surface area contributed by atoms with E-state index >= 15 is 0 Å². The molecule has 0 spiro atoms. The average Bonchev–Trinajstić information content (AvgIpc) is 2.49. The lowest BCUT2D eigenvalue weighted by Crippen LogP contribution is -2.24. The molecule has 0 aliphatic rings. The van der Waals surface area contributed by atoms with E-state index in [1.807, 2.05) is 24.1 Å². The first-order valence-electron chi connectivity index (χ1n) is 7.28. The summed E-state index contributed by atoms with van der Waals surface area (Å²) in [6.07, 6.45) is 0.488. The van der Waals surface area contributed by atoms with Gasteiger partial charge in [0.2, 0.25) is 0 Å². The fourth-order valence-corrected chi connectivity index (χ4v) is 2.34. The lowest BCUT2D eigenvalue weighted by molar-refractivity contribution is 0.124.